The number of nitrogens with zero attached hydrogens (tertiary/aromatic N) is 5. The molecule has 5 rings (SSSR count). The summed E-state index contributed by atoms with van der Waals surface area (Å²) in [6, 6.07) is 16.4. The smallest absolute Gasteiger partial charge is 0.131 e. The van der Waals surface area contributed by atoms with Crippen molar-refractivity contribution in [2.75, 3.05) is 0 Å². The first-order chi connectivity index (χ1) is 11.4. The lowest BCUT2D eigenvalue weighted by Crippen LogP contribution is -2.14. The van der Waals surface area contributed by atoms with E-state index in [1.54, 1.807) is 0 Å². The van der Waals surface area contributed by atoms with E-state index in [-0.39, 0.29) is 6.04 Å². The Morgan fingerprint density at radius 1 is 1.09 bits per heavy atom. The van der Waals surface area contributed by atoms with Crippen LogP contribution < -0.4 is 5.32 Å². The SMILES string of the molecule is c1cc([C@@H]2NCn3ccnc32)cc(-n2nnc3ccccc32)c1. The molecule has 6 nitrogen and oxygen atoms in total. The lowest BCUT2D eigenvalue weighted by molar-refractivity contribution is 0.613. The number of rotatable bonds is 2. The fourth-order valence-electron chi connectivity index (χ4n) is 3.16. The molecule has 0 spiro atoms. The van der Waals surface area contributed by atoms with Crippen LogP contribution in [0.15, 0.2) is 60.9 Å². The van der Waals surface area contributed by atoms with Gasteiger partial charge in [0, 0.05) is 12.4 Å². The molecule has 0 saturated heterocycles. The molecule has 112 valence electrons. The minimum Gasteiger partial charge on any atom is -0.320 e. The maximum absolute atomic E-state index is 4.46. The zero-order chi connectivity index (χ0) is 15.2. The molecule has 0 bridgehead atoms. The second-order valence-electron chi connectivity index (χ2n) is 5.64. The lowest BCUT2D eigenvalue weighted by atomic mass is 10.1. The molecule has 1 aliphatic heterocycles. The molecule has 2 aromatic carbocycles. The van der Waals surface area contributed by atoms with Crippen molar-refractivity contribution in [1.29, 1.82) is 0 Å². The number of aromatic nitrogens is 5. The molecular formula is C17H14N6. The van der Waals surface area contributed by atoms with Gasteiger partial charge in [-0.3, -0.25) is 5.32 Å². The molecule has 0 unspecified atom stereocenters. The van der Waals surface area contributed by atoms with Crippen molar-refractivity contribution >= 4 is 11.0 Å². The number of benzene rings is 2. The maximum Gasteiger partial charge on any atom is 0.131 e. The van der Waals surface area contributed by atoms with Crippen LogP contribution in [-0.2, 0) is 6.67 Å². The number of hydrogen-bond donors (Lipinski definition) is 1. The summed E-state index contributed by atoms with van der Waals surface area (Å²) in [5, 5.41) is 12.0. The number of para-hydroxylation sites is 1. The highest BCUT2D eigenvalue weighted by atomic mass is 15.4. The fourth-order valence-corrected chi connectivity index (χ4v) is 3.16. The van der Waals surface area contributed by atoms with Crippen molar-refractivity contribution < 1.29 is 0 Å². The standard InChI is InChI=1S/C17H14N6/c1-2-7-15-14(6-1)20-21-23(15)13-5-3-4-12(10-13)16-17-18-8-9-22(17)11-19-16/h1-10,16,19H,11H2/t16-/m0/s1. The summed E-state index contributed by atoms with van der Waals surface area (Å²) in [5.41, 5.74) is 4.08. The third-order valence-electron chi connectivity index (χ3n) is 4.27. The second kappa shape index (κ2) is 4.76. The van der Waals surface area contributed by atoms with Gasteiger partial charge in [-0.1, -0.05) is 29.5 Å². The Hall–Kier alpha value is -2.99. The molecule has 2 aromatic heterocycles. The van der Waals surface area contributed by atoms with Crippen molar-refractivity contribution in [2.24, 2.45) is 0 Å². The molecule has 0 aliphatic carbocycles. The molecule has 0 radical (unpaired) electrons. The number of nitrogens with one attached hydrogen (secondary N) is 1. The summed E-state index contributed by atoms with van der Waals surface area (Å²) in [5.74, 6) is 1.05. The van der Waals surface area contributed by atoms with Crippen LogP contribution in [0.2, 0.25) is 0 Å². The Kier molecular flexibility index (Phi) is 2.59. The Morgan fingerprint density at radius 2 is 2.04 bits per heavy atom. The van der Waals surface area contributed by atoms with Gasteiger partial charge < -0.3 is 4.57 Å². The Bertz CT molecular complexity index is 999. The Labute approximate surface area is 132 Å². The molecule has 1 N–H and O–H groups in total. The summed E-state index contributed by atoms with van der Waals surface area (Å²) >= 11 is 0. The summed E-state index contributed by atoms with van der Waals surface area (Å²) in [4.78, 5) is 4.46. The number of hydrogen-bond acceptors (Lipinski definition) is 4. The average Bonchev–Trinajstić information content (AvgIpc) is 3.30. The predicted molar refractivity (Wildman–Crippen MR) is 86.1 cm³/mol. The van der Waals surface area contributed by atoms with Crippen LogP contribution in [0.25, 0.3) is 16.7 Å². The van der Waals surface area contributed by atoms with Gasteiger partial charge in [-0.05, 0) is 29.8 Å². The van der Waals surface area contributed by atoms with Crippen LogP contribution in [0.4, 0.5) is 0 Å². The van der Waals surface area contributed by atoms with Crippen molar-refractivity contribution in [3.05, 3.63) is 72.3 Å². The van der Waals surface area contributed by atoms with Gasteiger partial charge in [-0.2, -0.15) is 0 Å². The molecule has 0 amide bonds. The summed E-state index contributed by atoms with van der Waals surface area (Å²) in [6.45, 7) is 0.788. The van der Waals surface area contributed by atoms with Crippen LogP contribution in [0, 0.1) is 0 Å². The van der Waals surface area contributed by atoms with Gasteiger partial charge in [0.05, 0.1) is 23.9 Å². The first-order valence-corrected chi connectivity index (χ1v) is 7.55. The first kappa shape index (κ1) is 12.5. The zero-order valence-electron chi connectivity index (χ0n) is 12.3. The van der Waals surface area contributed by atoms with E-state index in [2.05, 4.69) is 43.4 Å². The second-order valence-corrected chi connectivity index (χ2v) is 5.64. The number of fused-ring (bicyclic) bond motifs is 2. The van der Waals surface area contributed by atoms with E-state index in [1.807, 2.05) is 47.4 Å². The maximum atomic E-state index is 4.46. The molecule has 3 heterocycles. The molecule has 1 atom stereocenters. The van der Waals surface area contributed by atoms with Crippen LogP contribution in [-0.4, -0.2) is 24.5 Å². The Balaban J connectivity index is 1.61. The summed E-state index contributed by atoms with van der Waals surface area (Å²) < 4.78 is 4.00. The predicted octanol–water partition coefficient (Wildman–Crippen LogP) is 2.27. The van der Waals surface area contributed by atoms with Crippen LogP contribution >= 0.6 is 0 Å². The van der Waals surface area contributed by atoms with E-state index in [0.717, 1.165) is 29.2 Å². The molecule has 1 aliphatic rings. The molecule has 23 heavy (non-hydrogen) atoms. The largest absolute Gasteiger partial charge is 0.320 e. The van der Waals surface area contributed by atoms with Gasteiger partial charge >= 0.3 is 0 Å². The van der Waals surface area contributed by atoms with Gasteiger partial charge in [0.15, 0.2) is 0 Å². The van der Waals surface area contributed by atoms with Crippen LogP contribution in [0.3, 0.4) is 0 Å². The lowest BCUT2D eigenvalue weighted by Gasteiger charge is -2.11. The van der Waals surface area contributed by atoms with Crippen molar-refractivity contribution in [3.63, 3.8) is 0 Å². The quantitative estimate of drug-likeness (QED) is 0.617. The van der Waals surface area contributed by atoms with Crippen molar-refractivity contribution in [2.45, 2.75) is 12.7 Å². The minimum absolute atomic E-state index is 0.111. The molecule has 0 saturated carbocycles. The van der Waals surface area contributed by atoms with E-state index in [4.69, 9.17) is 0 Å². The van der Waals surface area contributed by atoms with Crippen molar-refractivity contribution in [3.8, 4) is 5.69 Å². The zero-order valence-corrected chi connectivity index (χ0v) is 12.3. The van der Waals surface area contributed by atoms with E-state index < -0.39 is 0 Å². The Morgan fingerprint density at radius 3 is 3.04 bits per heavy atom. The summed E-state index contributed by atoms with van der Waals surface area (Å²) in [6.07, 6.45) is 3.84. The van der Waals surface area contributed by atoms with E-state index in [1.165, 1.54) is 5.56 Å². The number of imidazole rings is 1. The van der Waals surface area contributed by atoms with Crippen LogP contribution in [0.5, 0.6) is 0 Å². The average molecular weight is 302 g/mol. The molecular weight excluding hydrogens is 288 g/mol. The first-order valence-electron chi connectivity index (χ1n) is 7.55. The van der Waals surface area contributed by atoms with E-state index in [9.17, 15) is 0 Å². The molecule has 0 fully saturated rings. The van der Waals surface area contributed by atoms with Gasteiger partial charge in [0.1, 0.15) is 11.3 Å². The highest BCUT2D eigenvalue weighted by Gasteiger charge is 2.24. The van der Waals surface area contributed by atoms with Crippen LogP contribution in [0.1, 0.15) is 17.4 Å². The third kappa shape index (κ3) is 1.89. The molecule has 4 aromatic rings. The third-order valence-corrected chi connectivity index (χ3v) is 4.27. The monoisotopic (exact) mass is 302 g/mol. The van der Waals surface area contributed by atoms with Gasteiger partial charge in [0.25, 0.3) is 0 Å². The normalized spacial score (nSPS) is 16.8. The van der Waals surface area contributed by atoms with Gasteiger partial charge in [-0.25, -0.2) is 9.67 Å². The van der Waals surface area contributed by atoms with E-state index in [0.29, 0.717) is 0 Å². The highest BCUT2D eigenvalue weighted by molar-refractivity contribution is 5.75. The minimum atomic E-state index is 0.111. The van der Waals surface area contributed by atoms with Gasteiger partial charge in [0.2, 0.25) is 0 Å². The van der Waals surface area contributed by atoms with E-state index >= 15 is 0 Å². The highest BCUT2D eigenvalue weighted by Crippen LogP contribution is 2.27. The van der Waals surface area contributed by atoms with Gasteiger partial charge in [-0.15, -0.1) is 5.10 Å². The van der Waals surface area contributed by atoms with Crippen molar-refractivity contribution in [1.82, 2.24) is 29.9 Å². The topological polar surface area (TPSA) is 60.6 Å². The molecule has 6 heteroatoms. The summed E-state index contributed by atoms with van der Waals surface area (Å²) in [7, 11) is 0. The fraction of sp³-hybridized carbons (Fsp3) is 0.118.